The monoisotopic (exact) mass is 272 g/mol. The quantitative estimate of drug-likeness (QED) is 0.806. The molecule has 0 spiro atoms. The van der Waals surface area contributed by atoms with Crippen molar-refractivity contribution in [2.24, 2.45) is 0 Å². The molecule has 80 valence electrons. The van der Waals surface area contributed by atoms with Gasteiger partial charge in [-0.3, -0.25) is 0 Å². The van der Waals surface area contributed by atoms with E-state index in [1.807, 2.05) is 0 Å². The molecule has 0 aliphatic carbocycles. The van der Waals surface area contributed by atoms with E-state index < -0.39 is 0 Å². The topological polar surface area (TPSA) is 41.1 Å². The van der Waals surface area contributed by atoms with Gasteiger partial charge in [-0.25, -0.2) is 15.2 Å². The largest absolute Gasteiger partial charge is 0.302 e. The van der Waals surface area contributed by atoms with Crippen LogP contribution in [0, 0.1) is 5.82 Å². The first-order valence-electron chi connectivity index (χ1n) is 4.62. The zero-order chi connectivity index (χ0) is 10.8. The lowest BCUT2D eigenvalue weighted by Gasteiger charge is -2.11. The molecule has 0 radical (unpaired) electrons. The van der Waals surface area contributed by atoms with Crippen LogP contribution < -0.4 is 10.9 Å². The van der Waals surface area contributed by atoms with E-state index in [2.05, 4.69) is 26.8 Å². The molecule has 2 atom stereocenters. The summed E-state index contributed by atoms with van der Waals surface area (Å²) in [5.41, 5.74) is 6.82. The van der Waals surface area contributed by atoms with E-state index in [9.17, 15) is 9.18 Å². The number of nitrogens with one attached hydrogen (secondary N) is 2. The van der Waals surface area contributed by atoms with Crippen LogP contribution in [0.1, 0.15) is 18.0 Å². The van der Waals surface area contributed by atoms with E-state index in [4.69, 9.17) is 0 Å². The molecule has 1 saturated heterocycles. The highest BCUT2D eigenvalue weighted by Gasteiger charge is 2.25. The lowest BCUT2D eigenvalue weighted by Crippen LogP contribution is -2.31. The van der Waals surface area contributed by atoms with Gasteiger partial charge in [0.05, 0.1) is 6.04 Å². The van der Waals surface area contributed by atoms with Crippen molar-refractivity contribution in [1.29, 1.82) is 0 Å². The summed E-state index contributed by atoms with van der Waals surface area (Å²) in [6.45, 7) is 0. The highest BCUT2D eigenvalue weighted by atomic mass is 79.9. The van der Waals surface area contributed by atoms with Crippen LogP contribution >= 0.6 is 15.9 Å². The fourth-order valence-electron chi connectivity index (χ4n) is 1.66. The van der Waals surface area contributed by atoms with Crippen molar-refractivity contribution in [3.05, 3.63) is 34.1 Å². The number of carbonyl (C=O) groups excluding carboxylic acids is 1. The fourth-order valence-corrected chi connectivity index (χ4v) is 2.28. The molecule has 15 heavy (non-hydrogen) atoms. The van der Waals surface area contributed by atoms with Crippen molar-refractivity contribution in [3.63, 3.8) is 0 Å². The molecule has 1 heterocycles. The Morgan fingerprint density at radius 2 is 2.27 bits per heavy atom. The number of benzene rings is 1. The average Bonchev–Trinajstić information content (AvgIpc) is 2.66. The summed E-state index contributed by atoms with van der Waals surface area (Å²) < 4.78 is 13.6. The highest BCUT2D eigenvalue weighted by molar-refractivity contribution is 9.10. The van der Waals surface area contributed by atoms with Gasteiger partial charge < -0.3 is 4.79 Å². The summed E-state index contributed by atoms with van der Waals surface area (Å²) in [5.74, 6) is -0.275. The van der Waals surface area contributed by atoms with Crippen LogP contribution in [0.2, 0.25) is 0 Å². The molecule has 0 aromatic heterocycles. The summed E-state index contributed by atoms with van der Waals surface area (Å²) >= 11 is 3.30. The number of carbonyl (C=O) groups is 1. The number of hydrazine groups is 1. The predicted octanol–water partition coefficient (Wildman–Crippen LogP) is 1.69. The zero-order valence-corrected chi connectivity index (χ0v) is 9.42. The van der Waals surface area contributed by atoms with Crippen molar-refractivity contribution in [1.82, 2.24) is 10.9 Å². The van der Waals surface area contributed by atoms with Gasteiger partial charge in [0, 0.05) is 10.5 Å². The number of hydrogen-bond acceptors (Lipinski definition) is 3. The summed E-state index contributed by atoms with van der Waals surface area (Å²) in [5, 5.41) is 0. The Bertz CT molecular complexity index is 386. The SMILES string of the molecule is O=CC1CC(c2ccc(F)cc2Br)NN1. The maximum Gasteiger partial charge on any atom is 0.138 e. The Morgan fingerprint density at radius 3 is 2.87 bits per heavy atom. The van der Waals surface area contributed by atoms with Gasteiger partial charge in [0.1, 0.15) is 12.1 Å². The Morgan fingerprint density at radius 1 is 1.47 bits per heavy atom. The van der Waals surface area contributed by atoms with Gasteiger partial charge >= 0.3 is 0 Å². The number of aldehydes is 1. The summed E-state index contributed by atoms with van der Waals surface area (Å²) in [6.07, 6.45) is 1.54. The van der Waals surface area contributed by atoms with Crippen LogP contribution in [-0.4, -0.2) is 12.3 Å². The molecule has 1 aromatic rings. The first-order valence-corrected chi connectivity index (χ1v) is 5.41. The van der Waals surface area contributed by atoms with Gasteiger partial charge in [0.2, 0.25) is 0 Å². The van der Waals surface area contributed by atoms with Gasteiger partial charge in [0.15, 0.2) is 0 Å². The molecule has 0 bridgehead atoms. The van der Waals surface area contributed by atoms with Gasteiger partial charge in [-0.2, -0.15) is 0 Å². The molecule has 1 aliphatic rings. The molecule has 1 aromatic carbocycles. The van der Waals surface area contributed by atoms with Crippen LogP contribution in [0.5, 0.6) is 0 Å². The van der Waals surface area contributed by atoms with E-state index in [-0.39, 0.29) is 17.9 Å². The van der Waals surface area contributed by atoms with Crippen molar-refractivity contribution in [3.8, 4) is 0 Å². The highest BCUT2D eigenvalue weighted by Crippen LogP contribution is 2.28. The molecule has 0 amide bonds. The van der Waals surface area contributed by atoms with Gasteiger partial charge in [-0.05, 0) is 24.1 Å². The average molecular weight is 273 g/mol. The predicted molar refractivity (Wildman–Crippen MR) is 57.6 cm³/mol. The molecular weight excluding hydrogens is 263 g/mol. The van der Waals surface area contributed by atoms with Crippen molar-refractivity contribution in [2.75, 3.05) is 0 Å². The number of halogens is 2. The normalized spacial score (nSPS) is 25.5. The third-order valence-electron chi connectivity index (χ3n) is 2.43. The molecule has 2 rings (SSSR count). The molecule has 0 saturated carbocycles. The second-order valence-electron chi connectivity index (χ2n) is 3.49. The van der Waals surface area contributed by atoms with E-state index in [0.29, 0.717) is 10.9 Å². The van der Waals surface area contributed by atoms with Crippen LogP contribution in [0.15, 0.2) is 22.7 Å². The minimum absolute atomic E-state index is 0.0372. The molecule has 5 heteroatoms. The maximum atomic E-state index is 12.9. The Balaban J connectivity index is 2.20. The van der Waals surface area contributed by atoms with Crippen LogP contribution in [-0.2, 0) is 4.79 Å². The molecular formula is C10H10BrFN2O. The van der Waals surface area contributed by atoms with Crippen LogP contribution in [0.3, 0.4) is 0 Å². The molecule has 3 nitrogen and oxygen atoms in total. The second-order valence-corrected chi connectivity index (χ2v) is 4.34. The minimum atomic E-state index is -0.275. The van der Waals surface area contributed by atoms with E-state index in [1.54, 1.807) is 6.07 Å². The van der Waals surface area contributed by atoms with Gasteiger partial charge in [-0.15, -0.1) is 0 Å². The standard InChI is InChI=1S/C10H10BrFN2O/c11-9-3-6(12)1-2-8(9)10-4-7(5-15)13-14-10/h1-3,5,7,10,13-14H,4H2. The molecule has 1 fully saturated rings. The maximum absolute atomic E-state index is 12.9. The molecule has 1 aliphatic heterocycles. The molecule has 2 N–H and O–H groups in total. The lowest BCUT2D eigenvalue weighted by atomic mass is 10.0. The summed E-state index contributed by atoms with van der Waals surface area (Å²) in [7, 11) is 0. The van der Waals surface area contributed by atoms with Crippen molar-refractivity contribution in [2.45, 2.75) is 18.5 Å². The zero-order valence-electron chi connectivity index (χ0n) is 7.84. The van der Waals surface area contributed by atoms with Crippen LogP contribution in [0.25, 0.3) is 0 Å². The van der Waals surface area contributed by atoms with E-state index in [1.165, 1.54) is 12.1 Å². The number of rotatable bonds is 2. The van der Waals surface area contributed by atoms with E-state index in [0.717, 1.165) is 11.8 Å². The number of hydrogen-bond donors (Lipinski definition) is 2. The third kappa shape index (κ3) is 2.25. The van der Waals surface area contributed by atoms with Crippen molar-refractivity contribution >= 4 is 22.2 Å². The Kier molecular flexibility index (Phi) is 3.14. The summed E-state index contributed by atoms with van der Waals surface area (Å²) in [6, 6.07) is 4.41. The van der Waals surface area contributed by atoms with Gasteiger partial charge in [0.25, 0.3) is 0 Å². The van der Waals surface area contributed by atoms with Gasteiger partial charge in [-0.1, -0.05) is 22.0 Å². The van der Waals surface area contributed by atoms with Crippen LogP contribution in [0.4, 0.5) is 4.39 Å². The van der Waals surface area contributed by atoms with E-state index >= 15 is 0 Å². The Labute approximate surface area is 95.1 Å². The second kappa shape index (κ2) is 4.38. The lowest BCUT2D eigenvalue weighted by molar-refractivity contribution is -0.109. The molecule has 2 unspecified atom stereocenters. The third-order valence-corrected chi connectivity index (χ3v) is 3.12. The smallest absolute Gasteiger partial charge is 0.138 e. The van der Waals surface area contributed by atoms with Crippen molar-refractivity contribution < 1.29 is 9.18 Å². The Hall–Kier alpha value is -0.780. The minimum Gasteiger partial charge on any atom is -0.302 e. The fraction of sp³-hybridized carbons (Fsp3) is 0.300. The summed E-state index contributed by atoms with van der Waals surface area (Å²) in [4.78, 5) is 10.5. The first-order chi connectivity index (χ1) is 7.20. The first kappa shape index (κ1) is 10.7.